The fourth-order valence-electron chi connectivity index (χ4n) is 1.69. The lowest BCUT2D eigenvalue weighted by Gasteiger charge is -2.20. The highest BCUT2D eigenvalue weighted by atomic mass is 79.9. The normalized spacial score (nSPS) is 19.8. The summed E-state index contributed by atoms with van der Waals surface area (Å²) in [4.78, 5) is 0. The van der Waals surface area contributed by atoms with Crippen molar-refractivity contribution >= 4 is 15.9 Å². The van der Waals surface area contributed by atoms with Crippen molar-refractivity contribution in [2.75, 3.05) is 13.1 Å². The molecule has 0 aromatic carbocycles. The Hall–Kier alpha value is -0.350. The van der Waals surface area contributed by atoms with Gasteiger partial charge in [-0.1, -0.05) is 0 Å². The third kappa shape index (κ3) is 1.69. The number of halogens is 1. The summed E-state index contributed by atoms with van der Waals surface area (Å²) < 4.78 is 3.16. The van der Waals surface area contributed by atoms with E-state index in [0.717, 1.165) is 4.47 Å². The van der Waals surface area contributed by atoms with Gasteiger partial charge in [0.15, 0.2) is 0 Å². The van der Waals surface area contributed by atoms with E-state index in [1.807, 2.05) is 6.20 Å². The summed E-state index contributed by atoms with van der Waals surface area (Å²) in [6, 6.07) is 0.626. The molecule has 0 atom stereocenters. The second kappa shape index (κ2) is 3.58. The van der Waals surface area contributed by atoms with Crippen LogP contribution < -0.4 is 5.32 Å². The molecule has 0 spiro atoms. The quantitative estimate of drug-likeness (QED) is 0.752. The SMILES string of the molecule is Brc1cnn(C2CC[NH2+]CC2)c1. The zero-order valence-corrected chi connectivity index (χ0v) is 8.50. The summed E-state index contributed by atoms with van der Waals surface area (Å²) >= 11 is 3.41. The van der Waals surface area contributed by atoms with Gasteiger partial charge in [0.05, 0.1) is 29.8 Å². The van der Waals surface area contributed by atoms with Gasteiger partial charge in [-0.2, -0.15) is 5.10 Å². The lowest BCUT2D eigenvalue weighted by atomic mass is 10.1. The van der Waals surface area contributed by atoms with Crippen LogP contribution in [0.2, 0.25) is 0 Å². The molecule has 1 aromatic rings. The second-order valence-electron chi connectivity index (χ2n) is 3.24. The molecule has 66 valence electrons. The van der Waals surface area contributed by atoms with Gasteiger partial charge in [-0.15, -0.1) is 0 Å². The van der Waals surface area contributed by atoms with Gasteiger partial charge in [0.2, 0.25) is 0 Å². The van der Waals surface area contributed by atoms with E-state index < -0.39 is 0 Å². The number of nitrogens with zero attached hydrogens (tertiary/aromatic N) is 2. The lowest BCUT2D eigenvalue weighted by molar-refractivity contribution is -0.664. The maximum atomic E-state index is 4.30. The molecule has 0 saturated carbocycles. The summed E-state index contributed by atoms with van der Waals surface area (Å²) in [5.74, 6) is 0. The van der Waals surface area contributed by atoms with E-state index in [1.165, 1.54) is 25.9 Å². The summed E-state index contributed by atoms with van der Waals surface area (Å²) in [6.45, 7) is 2.48. The van der Waals surface area contributed by atoms with E-state index in [1.54, 1.807) is 0 Å². The molecule has 12 heavy (non-hydrogen) atoms. The molecule has 1 fully saturated rings. The van der Waals surface area contributed by atoms with Gasteiger partial charge in [-0.3, -0.25) is 4.68 Å². The molecule has 1 aliphatic rings. The topological polar surface area (TPSA) is 34.4 Å². The zero-order chi connectivity index (χ0) is 8.39. The fourth-order valence-corrected chi connectivity index (χ4v) is 1.99. The van der Waals surface area contributed by atoms with Crippen molar-refractivity contribution in [3.63, 3.8) is 0 Å². The summed E-state index contributed by atoms with van der Waals surface area (Å²) in [5.41, 5.74) is 0. The zero-order valence-electron chi connectivity index (χ0n) is 6.91. The van der Waals surface area contributed by atoms with Crippen LogP contribution in [0.3, 0.4) is 0 Å². The number of nitrogens with two attached hydrogens (primary N) is 1. The van der Waals surface area contributed by atoms with Gasteiger partial charge in [0.25, 0.3) is 0 Å². The highest BCUT2D eigenvalue weighted by Crippen LogP contribution is 2.17. The number of hydrogen-bond donors (Lipinski definition) is 1. The van der Waals surface area contributed by atoms with E-state index >= 15 is 0 Å². The first-order valence-corrected chi connectivity index (χ1v) is 5.17. The summed E-state index contributed by atoms with van der Waals surface area (Å²) in [7, 11) is 0. The summed E-state index contributed by atoms with van der Waals surface area (Å²) in [6.07, 6.45) is 6.41. The molecule has 2 N–H and O–H groups in total. The Labute approximate surface area is 80.3 Å². The smallest absolute Gasteiger partial charge is 0.0776 e. The van der Waals surface area contributed by atoms with Crippen LogP contribution in [0.1, 0.15) is 18.9 Å². The van der Waals surface area contributed by atoms with Gasteiger partial charge >= 0.3 is 0 Å². The summed E-state index contributed by atoms with van der Waals surface area (Å²) in [5, 5.41) is 6.67. The molecule has 1 aliphatic heterocycles. The van der Waals surface area contributed by atoms with Crippen LogP contribution in [-0.4, -0.2) is 22.9 Å². The molecule has 0 unspecified atom stereocenters. The third-order valence-corrected chi connectivity index (χ3v) is 2.76. The first kappa shape index (κ1) is 8.26. The molecule has 2 rings (SSSR count). The lowest BCUT2D eigenvalue weighted by Crippen LogP contribution is -2.86. The minimum atomic E-state index is 0.626. The molecule has 2 heterocycles. The Morgan fingerprint density at radius 2 is 2.25 bits per heavy atom. The van der Waals surface area contributed by atoms with E-state index in [9.17, 15) is 0 Å². The van der Waals surface area contributed by atoms with Crippen molar-refractivity contribution in [2.45, 2.75) is 18.9 Å². The second-order valence-corrected chi connectivity index (χ2v) is 4.15. The largest absolute Gasteiger partial charge is 0.346 e. The highest BCUT2D eigenvalue weighted by molar-refractivity contribution is 9.10. The first-order valence-electron chi connectivity index (χ1n) is 4.37. The number of hydrogen-bond acceptors (Lipinski definition) is 1. The first-order chi connectivity index (χ1) is 5.86. The Morgan fingerprint density at radius 3 is 2.83 bits per heavy atom. The maximum Gasteiger partial charge on any atom is 0.0776 e. The van der Waals surface area contributed by atoms with Gasteiger partial charge in [0.1, 0.15) is 0 Å². The van der Waals surface area contributed by atoms with Crippen LogP contribution >= 0.6 is 15.9 Å². The molecule has 0 bridgehead atoms. The van der Waals surface area contributed by atoms with Crippen molar-refractivity contribution in [1.82, 2.24) is 9.78 Å². The van der Waals surface area contributed by atoms with Crippen molar-refractivity contribution in [3.8, 4) is 0 Å². The number of piperidine rings is 1. The Morgan fingerprint density at radius 1 is 1.50 bits per heavy atom. The van der Waals surface area contributed by atoms with Crippen LogP contribution in [0.5, 0.6) is 0 Å². The van der Waals surface area contributed by atoms with E-state index in [0.29, 0.717) is 6.04 Å². The molecular weight excluding hydrogens is 218 g/mol. The molecule has 0 aliphatic carbocycles. The van der Waals surface area contributed by atoms with Gasteiger partial charge in [0, 0.05) is 19.0 Å². The van der Waals surface area contributed by atoms with E-state index in [-0.39, 0.29) is 0 Å². The van der Waals surface area contributed by atoms with Gasteiger partial charge in [-0.25, -0.2) is 0 Å². The van der Waals surface area contributed by atoms with Crippen molar-refractivity contribution < 1.29 is 5.32 Å². The molecule has 1 saturated heterocycles. The minimum Gasteiger partial charge on any atom is -0.346 e. The molecular formula is C8H13BrN3+. The predicted octanol–water partition coefficient (Wildman–Crippen LogP) is 0.544. The number of rotatable bonds is 1. The van der Waals surface area contributed by atoms with Crippen LogP contribution in [0.4, 0.5) is 0 Å². The molecule has 0 amide bonds. The van der Waals surface area contributed by atoms with Gasteiger partial charge in [-0.05, 0) is 15.9 Å². The predicted molar refractivity (Wildman–Crippen MR) is 49.9 cm³/mol. The Bertz CT molecular complexity index is 253. The van der Waals surface area contributed by atoms with Crippen molar-refractivity contribution in [3.05, 3.63) is 16.9 Å². The molecule has 1 aromatic heterocycles. The monoisotopic (exact) mass is 230 g/mol. The van der Waals surface area contributed by atoms with E-state index in [2.05, 4.69) is 37.2 Å². The van der Waals surface area contributed by atoms with Crippen LogP contribution in [-0.2, 0) is 0 Å². The van der Waals surface area contributed by atoms with Crippen LogP contribution in [0.15, 0.2) is 16.9 Å². The average molecular weight is 231 g/mol. The van der Waals surface area contributed by atoms with Crippen LogP contribution in [0, 0.1) is 0 Å². The van der Waals surface area contributed by atoms with Crippen LogP contribution in [0.25, 0.3) is 0 Å². The van der Waals surface area contributed by atoms with Crippen molar-refractivity contribution in [2.24, 2.45) is 0 Å². The Kier molecular flexibility index (Phi) is 2.46. The number of aromatic nitrogens is 2. The fraction of sp³-hybridized carbons (Fsp3) is 0.625. The minimum absolute atomic E-state index is 0.626. The van der Waals surface area contributed by atoms with Crippen molar-refractivity contribution in [1.29, 1.82) is 0 Å². The highest BCUT2D eigenvalue weighted by Gasteiger charge is 2.17. The third-order valence-electron chi connectivity index (χ3n) is 2.35. The molecule has 3 nitrogen and oxygen atoms in total. The Balaban J connectivity index is 2.08. The van der Waals surface area contributed by atoms with E-state index in [4.69, 9.17) is 0 Å². The molecule has 4 heteroatoms. The molecule has 0 radical (unpaired) electrons. The number of quaternary nitrogens is 1. The standard InChI is InChI=1S/C8H12BrN3/c9-7-5-11-12(6-7)8-1-3-10-4-2-8/h5-6,8,10H,1-4H2/p+1. The maximum absolute atomic E-state index is 4.30. The van der Waals surface area contributed by atoms with Gasteiger partial charge < -0.3 is 5.32 Å². The average Bonchev–Trinajstić information content (AvgIpc) is 2.54.